The second-order valence-corrected chi connectivity index (χ2v) is 10.5. The second-order valence-electron chi connectivity index (χ2n) is 9.68. The van der Waals surface area contributed by atoms with Gasteiger partial charge in [-0.05, 0) is 75.0 Å². The molecular formula is C23H34O4S. The summed E-state index contributed by atoms with van der Waals surface area (Å²) in [5, 5.41) is 0. The first-order valence-electron chi connectivity index (χ1n) is 10.9. The maximum absolute atomic E-state index is 12.2. The van der Waals surface area contributed by atoms with Crippen LogP contribution in [0.25, 0.3) is 0 Å². The summed E-state index contributed by atoms with van der Waals surface area (Å²) in [5.74, 6) is 2.74. The van der Waals surface area contributed by atoms with Crippen molar-refractivity contribution >= 4 is 23.5 Å². The molecule has 4 aliphatic carbocycles. The standard InChI is InChI=1S/C23H34O4S/c1-15(24)27-21-7-6-19-18-5-4-16-12-17(25)8-11-23(16,13-26-14-28-3)20(18)9-10-22(19,21)2/h12,18-21H,4-11,13-14H2,1-3H3. The van der Waals surface area contributed by atoms with E-state index in [1.807, 2.05) is 6.08 Å². The number of fused-ring (bicyclic) bond motifs is 5. The third kappa shape index (κ3) is 3.27. The summed E-state index contributed by atoms with van der Waals surface area (Å²) in [4.78, 5) is 23.8. The fourth-order valence-electron chi connectivity index (χ4n) is 7.28. The van der Waals surface area contributed by atoms with E-state index in [1.165, 1.54) is 18.9 Å². The van der Waals surface area contributed by atoms with Crippen LogP contribution in [0.4, 0.5) is 0 Å². The highest BCUT2D eigenvalue weighted by molar-refractivity contribution is 7.98. The molecule has 0 amide bonds. The van der Waals surface area contributed by atoms with Gasteiger partial charge in [0.25, 0.3) is 0 Å². The maximum Gasteiger partial charge on any atom is 0.302 e. The molecule has 0 aliphatic heterocycles. The van der Waals surface area contributed by atoms with E-state index in [2.05, 4.69) is 13.2 Å². The fourth-order valence-corrected chi connectivity index (χ4v) is 7.53. The molecule has 4 aliphatic rings. The summed E-state index contributed by atoms with van der Waals surface area (Å²) >= 11 is 1.72. The third-order valence-electron chi connectivity index (χ3n) is 8.47. The minimum absolute atomic E-state index is 0.0490. The van der Waals surface area contributed by atoms with Crippen LogP contribution in [0.15, 0.2) is 11.6 Å². The van der Waals surface area contributed by atoms with Crippen molar-refractivity contribution in [3.05, 3.63) is 11.6 Å². The highest BCUT2D eigenvalue weighted by Crippen LogP contribution is 2.65. The Morgan fingerprint density at radius 1 is 1.18 bits per heavy atom. The Labute approximate surface area is 173 Å². The predicted octanol–water partition coefficient (Wildman–Crippen LogP) is 4.77. The van der Waals surface area contributed by atoms with E-state index >= 15 is 0 Å². The van der Waals surface area contributed by atoms with E-state index in [9.17, 15) is 9.59 Å². The molecule has 0 saturated heterocycles. The Kier molecular flexibility index (Phi) is 5.69. The van der Waals surface area contributed by atoms with E-state index in [-0.39, 0.29) is 22.9 Å². The lowest BCUT2D eigenvalue weighted by Crippen LogP contribution is -2.54. The van der Waals surface area contributed by atoms with Crippen LogP contribution < -0.4 is 0 Å². The summed E-state index contributed by atoms with van der Waals surface area (Å²) in [7, 11) is 0. The van der Waals surface area contributed by atoms with Crippen molar-refractivity contribution in [2.24, 2.45) is 28.6 Å². The zero-order valence-corrected chi connectivity index (χ0v) is 18.3. The summed E-state index contributed by atoms with van der Waals surface area (Å²) in [5.41, 5.74) is 1.53. The summed E-state index contributed by atoms with van der Waals surface area (Å²) in [6.07, 6.45) is 12.3. The van der Waals surface area contributed by atoms with Crippen molar-refractivity contribution in [2.45, 2.75) is 71.3 Å². The molecular weight excluding hydrogens is 372 g/mol. The molecule has 0 aromatic carbocycles. The second kappa shape index (κ2) is 7.79. The van der Waals surface area contributed by atoms with Gasteiger partial charge in [0.15, 0.2) is 5.78 Å². The minimum atomic E-state index is -0.143. The number of ether oxygens (including phenoxy) is 2. The lowest BCUT2D eigenvalue weighted by molar-refractivity contribution is -0.158. The number of hydrogen-bond acceptors (Lipinski definition) is 5. The monoisotopic (exact) mass is 406 g/mol. The van der Waals surface area contributed by atoms with E-state index in [0.717, 1.165) is 51.1 Å². The average Bonchev–Trinajstić information content (AvgIpc) is 2.98. The molecule has 4 rings (SSSR count). The number of carbonyl (C=O) groups is 2. The largest absolute Gasteiger partial charge is 0.462 e. The van der Waals surface area contributed by atoms with Gasteiger partial charge in [0.2, 0.25) is 0 Å². The van der Waals surface area contributed by atoms with Crippen molar-refractivity contribution < 1.29 is 19.1 Å². The molecule has 6 unspecified atom stereocenters. The smallest absolute Gasteiger partial charge is 0.302 e. The third-order valence-corrected chi connectivity index (χ3v) is 8.87. The molecule has 0 radical (unpaired) electrons. The SMILES string of the molecule is CSCOCC12CCC(=O)C=C1CCC1C2CCC2(C)C(OC(C)=O)CCC12. The molecule has 0 aromatic rings. The molecule has 0 N–H and O–H groups in total. The van der Waals surface area contributed by atoms with Crippen molar-refractivity contribution in [3.63, 3.8) is 0 Å². The van der Waals surface area contributed by atoms with Gasteiger partial charge in [-0.1, -0.05) is 12.5 Å². The number of esters is 1. The van der Waals surface area contributed by atoms with E-state index in [0.29, 0.717) is 30.0 Å². The minimum Gasteiger partial charge on any atom is -0.462 e. The number of thioether (sulfide) groups is 1. The number of carbonyl (C=O) groups excluding carboxylic acids is 2. The quantitative estimate of drug-likeness (QED) is 0.374. The van der Waals surface area contributed by atoms with Crippen LogP contribution in [-0.2, 0) is 19.1 Å². The summed E-state index contributed by atoms with van der Waals surface area (Å²) in [6.45, 7) is 4.66. The topological polar surface area (TPSA) is 52.6 Å². The van der Waals surface area contributed by atoms with Gasteiger partial charge in [-0.25, -0.2) is 0 Å². The van der Waals surface area contributed by atoms with Gasteiger partial charge in [-0.15, -0.1) is 11.8 Å². The van der Waals surface area contributed by atoms with Gasteiger partial charge in [0.05, 0.1) is 12.5 Å². The number of hydrogen-bond donors (Lipinski definition) is 0. The number of ketones is 1. The first-order valence-corrected chi connectivity index (χ1v) is 12.3. The Hall–Kier alpha value is -0.810. The molecule has 0 bridgehead atoms. The van der Waals surface area contributed by atoms with Crippen LogP contribution in [0.3, 0.4) is 0 Å². The Bertz CT molecular complexity index is 674. The van der Waals surface area contributed by atoms with Gasteiger partial charge >= 0.3 is 5.97 Å². The highest BCUT2D eigenvalue weighted by atomic mass is 32.2. The molecule has 156 valence electrons. The van der Waals surface area contributed by atoms with Crippen LogP contribution in [0.1, 0.15) is 65.2 Å². The maximum atomic E-state index is 12.2. The fraction of sp³-hybridized carbons (Fsp3) is 0.826. The zero-order valence-electron chi connectivity index (χ0n) is 17.5. The van der Waals surface area contributed by atoms with E-state index in [4.69, 9.17) is 9.47 Å². The van der Waals surface area contributed by atoms with Gasteiger partial charge < -0.3 is 9.47 Å². The van der Waals surface area contributed by atoms with E-state index in [1.54, 1.807) is 11.8 Å². The Morgan fingerprint density at radius 2 is 2.00 bits per heavy atom. The zero-order chi connectivity index (χ0) is 19.9. The number of rotatable bonds is 5. The Morgan fingerprint density at radius 3 is 2.75 bits per heavy atom. The van der Waals surface area contributed by atoms with Crippen molar-refractivity contribution in [2.75, 3.05) is 18.8 Å². The normalized spacial score (nSPS) is 42.2. The summed E-state index contributed by atoms with van der Waals surface area (Å²) < 4.78 is 11.9. The van der Waals surface area contributed by atoms with Crippen LogP contribution in [0, 0.1) is 28.6 Å². The van der Waals surface area contributed by atoms with Crippen molar-refractivity contribution in [1.29, 1.82) is 0 Å². The lowest BCUT2D eigenvalue weighted by atomic mass is 9.47. The van der Waals surface area contributed by atoms with Crippen molar-refractivity contribution in [3.8, 4) is 0 Å². The molecule has 6 atom stereocenters. The first kappa shape index (κ1) is 20.5. The molecule has 3 saturated carbocycles. The molecule has 4 nitrogen and oxygen atoms in total. The van der Waals surface area contributed by atoms with E-state index < -0.39 is 0 Å². The summed E-state index contributed by atoms with van der Waals surface area (Å²) in [6, 6.07) is 0. The van der Waals surface area contributed by atoms with Crippen molar-refractivity contribution in [1.82, 2.24) is 0 Å². The molecule has 0 spiro atoms. The van der Waals surface area contributed by atoms with Crippen LogP contribution in [-0.4, -0.2) is 36.7 Å². The molecule has 5 heteroatoms. The van der Waals surface area contributed by atoms with Gasteiger partial charge in [0, 0.05) is 24.2 Å². The molecule has 28 heavy (non-hydrogen) atoms. The molecule has 0 aromatic heterocycles. The van der Waals surface area contributed by atoms with Crippen LogP contribution >= 0.6 is 11.8 Å². The van der Waals surface area contributed by atoms with Gasteiger partial charge in [0.1, 0.15) is 6.10 Å². The first-order chi connectivity index (χ1) is 13.4. The lowest BCUT2D eigenvalue weighted by Gasteiger charge is -2.58. The highest BCUT2D eigenvalue weighted by Gasteiger charge is 2.61. The average molecular weight is 407 g/mol. The van der Waals surface area contributed by atoms with Gasteiger partial charge in [-0.3, -0.25) is 9.59 Å². The molecule has 3 fully saturated rings. The Balaban J connectivity index is 1.62. The van der Waals surface area contributed by atoms with Gasteiger partial charge in [-0.2, -0.15) is 0 Å². The van der Waals surface area contributed by atoms with Crippen LogP contribution in [0.2, 0.25) is 0 Å². The molecule has 0 heterocycles. The van der Waals surface area contributed by atoms with Crippen LogP contribution in [0.5, 0.6) is 0 Å². The predicted molar refractivity (Wildman–Crippen MR) is 111 cm³/mol.